The Kier molecular flexibility index (Phi) is 7.00. The summed E-state index contributed by atoms with van der Waals surface area (Å²) in [6.45, 7) is 2.76. The van der Waals surface area contributed by atoms with E-state index in [0.717, 1.165) is 16.8 Å². The van der Waals surface area contributed by atoms with Gasteiger partial charge >= 0.3 is 6.03 Å². The van der Waals surface area contributed by atoms with E-state index in [1.807, 2.05) is 91.9 Å². The van der Waals surface area contributed by atoms with Crippen LogP contribution in [0.2, 0.25) is 0 Å². The van der Waals surface area contributed by atoms with Crippen LogP contribution < -0.4 is 15.5 Å². The minimum atomic E-state index is -0.325. The molecule has 0 spiro atoms. The maximum absolute atomic E-state index is 12.9. The van der Waals surface area contributed by atoms with Gasteiger partial charge in [-0.15, -0.1) is 0 Å². The molecule has 0 bridgehead atoms. The number of carbonyl (C=O) groups excluding carboxylic acids is 2. The predicted molar refractivity (Wildman–Crippen MR) is 117 cm³/mol. The number of nitrogens with one attached hydrogen (secondary N) is 2. The molecule has 0 aliphatic rings. The summed E-state index contributed by atoms with van der Waals surface area (Å²) in [6, 6.07) is 26.6. The van der Waals surface area contributed by atoms with Crippen LogP contribution in [-0.2, 0) is 11.3 Å². The Morgan fingerprint density at radius 1 is 0.828 bits per heavy atom. The number of hydrogen-bond donors (Lipinski definition) is 2. The molecule has 0 unspecified atom stereocenters. The molecule has 0 radical (unpaired) electrons. The molecule has 0 saturated heterocycles. The second kappa shape index (κ2) is 10.1. The van der Waals surface area contributed by atoms with Gasteiger partial charge in [-0.1, -0.05) is 66.2 Å². The van der Waals surface area contributed by atoms with Gasteiger partial charge in [0.25, 0.3) is 0 Å². The molecule has 148 valence electrons. The van der Waals surface area contributed by atoms with Gasteiger partial charge in [-0.2, -0.15) is 0 Å². The SMILES string of the molecule is Cc1ccc(N(Cc2ccccc2)C(=O)CCNC(=O)Nc2ccccc2)cc1. The Morgan fingerprint density at radius 3 is 2.10 bits per heavy atom. The molecule has 29 heavy (non-hydrogen) atoms. The van der Waals surface area contributed by atoms with Gasteiger partial charge in [0, 0.05) is 24.3 Å². The lowest BCUT2D eigenvalue weighted by Gasteiger charge is -2.23. The summed E-state index contributed by atoms with van der Waals surface area (Å²) >= 11 is 0. The number of rotatable bonds is 7. The third kappa shape index (κ3) is 6.21. The number of benzene rings is 3. The van der Waals surface area contributed by atoms with Crippen LogP contribution in [0.3, 0.4) is 0 Å². The number of hydrogen-bond acceptors (Lipinski definition) is 2. The Labute approximate surface area is 171 Å². The zero-order valence-electron chi connectivity index (χ0n) is 16.5. The molecule has 0 aliphatic carbocycles. The van der Waals surface area contributed by atoms with E-state index in [1.54, 1.807) is 4.90 Å². The molecule has 0 saturated carbocycles. The lowest BCUT2D eigenvalue weighted by atomic mass is 10.1. The van der Waals surface area contributed by atoms with Crippen LogP contribution >= 0.6 is 0 Å². The minimum absolute atomic E-state index is 0.0438. The first-order chi connectivity index (χ1) is 14.1. The van der Waals surface area contributed by atoms with Crippen LogP contribution in [0.15, 0.2) is 84.9 Å². The zero-order chi connectivity index (χ0) is 20.5. The number of carbonyl (C=O) groups is 2. The van der Waals surface area contributed by atoms with Gasteiger partial charge in [0.2, 0.25) is 5.91 Å². The normalized spacial score (nSPS) is 10.2. The summed E-state index contributed by atoms with van der Waals surface area (Å²) < 4.78 is 0. The summed E-state index contributed by atoms with van der Waals surface area (Å²) in [5.74, 6) is -0.0438. The Bertz CT molecular complexity index is 925. The second-order valence-electron chi connectivity index (χ2n) is 6.80. The predicted octanol–water partition coefficient (Wildman–Crippen LogP) is 4.74. The first-order valence-corrected chi connectivity index (χ1v) is 9.63. The molecule has 3 rings (SSSR count). The summed E-state index contributed by atoms with van der Waals surface area (Å²) in [7, 11) is 0. The molecule has 0 atom stereocenters. The second-order valence-corrected chi connectivity index (χ2v) is 6.80. The maximum Gasteiger partial charge on any atom is 0.319 e. The van der Waals surface area contributed by atoms with E-state index in [9.17, 15) is 9.59 Å². The molecular formula is C24H25N3O2. The Hall–Kier alpha value is -3.60. The molecule has 3 aromatic rings. The number of anilines is 2. The number of urea groups is 1. The van der Waals surface area contributed by atoms with Gasteiger partial charge in [0.1, 0.15) is 0 Å². The van der Waals surface area contributed by atoms with Gasteiger partial charge < -0.3 is 15.5 Å². The van der Waals surface area contributed by atoms with Gasteiger partial charge in [0.05, 0.1) is 6.54 Å². The van der Waals surface area contributed by atoms with Crippen molar-refractivity contribution in [3.05, 3.63) is 96.1 Å². The third-order valence-electron chi connectivity index (χ3n) is 4.49. The fourth-order valence-corrected chi connectivity index (χ4v) is 2.93. The van der Waals surface area contributed by atoms with Crippen molar-refractivity contribution in [3.63, 3.8) is 0 Å². The van der Waals surface area contributed by atoms with Gasteiger partial charge in [-0.25, -0.2) is 4.79 Å². The van der Waals surface area contributed by atoms with Crippen molar-refractivity contribution in [1.29, 1.82) is 0 Å². The van der Waals surface area contributed by atoms with E-state index >= 15 is 0 Å². The van der Waals surface area contributed by atoms with E-state index in [1.165, 1.54) is 0 Å². The topological polar surface area (TPSA) is 61.4 Å². The fraction of sp³-hybridized carbons (Fsp3) is 0.167. The third-order valence-corrected chi connectivity index (χ3v) is 4.49. The molecular weight excluding hydrogens is 362 g/mol. The van der Waals surface area contributed by atoms with Gasteiger partial charge in [0.15, 0.2) is 0 Å². The molecule has 5 heteroatoms. The highest BCUT2D eigenvalue weighted by atomic mass is 16.2. The van der Waals surface area contributed by atoms with Crippen molar-refractivity contribution >= 4 is 23.3 Å². The van der Waals surface area contributed by atoms with Crippen molar-refractivity contribution in [2.45, 2.75) is 19.9 Å². The molecule has 3 aromatic carbocycles. The Balaban J connectivity index is 1.60. The maximum atomic E-state index is 12.9. The number of aryl methyl sites for hydroxylation is 1. The average molecular weight is 387 g/mol. The highest BCUT2D eigenvalue weighted by Crippen LogP contribution is 2.19. The van der Waals surface area contributed by atoms with Crippen LogP contribution in [0.4, 0.5) is 16.2 Å². The summed E-state index contributed by atoms with van der Waals surface area (Å²) in [5.41, 5.74) is 3.75. The number of para-hydroxylation sites is 1. The van der Waals surface area contributed by atoms with E-state index < -0.39 is 0 Å². The minimum Gasteiger partial charge on any atom is -0.337 e. The Morgan fingerprint density at radius 2 is 1.45 bits per heavy atom. The monoisotopic (exact) mass is 387 g/mol. The molecule has 5 nitrogen and oxygen atoms in total. The average Bonchev–Trinajstić information content (AvgIpc) is 2.74. The van der Waals surface area contributed by atoms with Crippen LogP contribution in [0.1, 0.15) is 17.5 Å². The highest BCUT2D eigenvalue weighted by molar-refractivity contribution is 5.94. The van der Waals surface area contributed by atoms with Crippen molar-refractivity contribution in [1.82, 2.24) is 5.32 Å². The van der Waals surface area contributed by atoms with E-state index in [2.05, 4.69) is 10.6 Å². The zero-order valence-corrected chi connectivity index (χ0v) is 16.5. The van der Waals surface area contributed by atoms with Crippen molar-refractivity contribution in [2.75, 3.05) is 16.8 Å². The first-order valence-electron chi connectivity index (χ1n) is 9.63. The summed E-state index contributed by atoms with van der Waals surface area (Å²) in [6.07, 6.45) is 0.211. The van der Waals surface area contributed by atoms with Crippen LogP contribution in [0.25, 0.3) is 0 Å². The van der Waals surface area contributed by atoms with Gasteiger partial charge in [-0.3, -0.25) is 4.79 Å². The lowest BCUT2D eigenvalue weighted by Crippen LogP contribution is -2.35. The van der Waals surface area contributed by atoms with Crippen LogP contribution in [0, 0.1) is 6.92 Å². The highest BCUT2D eigenvalue weighted by Gasteiger charge is 2.16. The van der Waals surface area contributed by atoms with Crippen molar-refractivity contribution in [3.8, 4) is 0 Å². The quantitative estimate of drug-likeness (QED) is 0.615. The first kappa shape index (κ1) is 20.1. The van der Waals surface area contributed by atoms with Crippen LogP contribution in [-0.4, -0.2) is 18.5 Å². The van der Waals surface area contributed by atoms with Crippen LogP contribution in [0.5, 0.6) is 0 Å². The lowest BCUT2D eigenvalue weighted by molar-refractivity contribution is -0.118. The largest absolute Gasteiger partial charge is 0.337 e. The number of amides is 3. The standard InChI is InChI=1S/C24H25N3O2/c1-19-12-14-22(15-13-19)27(18-20-8-4-2-5-9-20)23(28)16-17-25-24(29)26-21-10-6-3-7-11-21/h2-15H,16-18H2,1H3,(H2,25,26,29). The smallest absolute Gasteiger partial charge is 0.319 e. The fourth-order valence-electron chi connectivity index (χ4n) is 2.93. The molecule has 3 amide bonds. The van der Waals surface area contributed by atoms with Crippen molar-refractivity contribution < 1.29 is 9.59 Å². The number of nitrogens with zero attached hydrogens (tertiary/aromatic N) is 1. The van der Waals surface area contributed by atoms with E-state index in [4.69, 9.17) is 0 Å². The molecule has 2 N–H and O–H groups in total. The molecule has 0 heterocycles. The molecule has 0 aliphatic heterocycles. The molecule has 0 aromatic heterocycles. The van der Waals surface area contributed by atoms with Crippen molar-refractivity contribution in [2.24, 2.45) is 0 Å². The molecule has 0 fully saturated rings. The van der Waals surface area contributed by atoms with Gasteiger partial charge in [-0.05, 0) is 36.8 Å². The van der Waals surface area contributed by atoms with E-state index in [0.29, 0.717) is 12.2 Å². The summed E-state index contributed by atoms with van der Waals surface area (Å²) in [4.78, 5) is 26.7. The summed E-state index contributed by atoms with van der Waals surface area (Å²) in [5, 5.41) is 5.49. The van der Waals surface area contributed by atoms with E-state index in [-0.39, 0.29) is 24.9 Å².